The number of anilines is 1. The van der Waals surface area contributed by atoms with Crippen LogP contribution in [0.5, 0.6) is 5.75 Å². The van der Waals surface area contributed by atoms with Crippen molar-refractivity contribution in [1.82, 2.24) is 15.0 Å². The van der Waals surface area contributed by atoms with E-state index in [0.29, 0.717) is 18.2 Å². The number of aromatic nitrogens is 2. The third-order valence-corrected chi connectivity index (χ3v) is 3.89. The molecule has 0 bridgehead atoms. The van der Waals surface area contributed by atoms with Crippen LogP contribution >= 0.6 is 0 Å². The number of amides is 4. The molecule has 1 aliphatic rings. The highest BCUT2D eigenvalue weighted by molar-refractivity contribution is 6.52. The Labute approximate surface area is 155 Å². The van der Waals surface area contributed by atoms with E-state index in [1.165, 1.54) is 0 Å². The average molecular weight is 372 g/mol. The Kier molecular flexibility index (Phi) is 4.69. The van der Waals surface area contributed by atoms with Crippen LogP contribution in [0.1, 0.15) is 39.4 Å². The number of ether oxygens (including phenoxy) is 1. The maximum atomic E-state index is 12.8. The molecule has 0 unspecified atom stereocenters. The van der Waals surface area contributed by atoms with Crippen molar-refractivity contribution in [2.75, 3.05) is 11.5 Å². The molecule has 0 N–H and O–H groups in total. The highest BCUT2D eigenvalue weighted by atomic mass is 16.5. The number of urea groups is 1. The number of rotatable bonds is 5. The Bertz CT molecular complexity index is 899. The number of hydrogen-bond acceptors (Lipinski definition) is 7. The van der Waals surface area contributed by atoms with Gasteiger partial charge in [-0.2, -0.15) is 4.98 Å². The lowest BCUT2D eigenvalue weighted by Gasteiger charge is -2.17. The summed E-state index contributed by atoms with van der Waals surface area (Å²) in [5, 5.41) is 3.86. The third-order valence-electron chi connectivity index (χ3n) is 3.89. The predicted molar refractivity (Wildman–Crippen MR) is 94.0 cm³/mol. The monoisotopic (exact) mass is 372 g/mol. The number of benzene rings is 1. The molecule has 1 aromatic carbocycles. The molecule has 0 aliphatic carbocycles. The van der Waals surface area contributed by atoms with Gasteiger partial charge in [-0.05, 0) is 19.1 Å². The summed E-state index contributed by atoms with van der Waals surface area (Å²) in [6.07, 6.45) is 0. The van der Waals surface area contributed by atoms with Crippen LogP contribution < -0.4 is 9.64 Å². The van der Waals surface area contributed by atoms with Gasteiger partial charge in [0.05, 0.1) is 12.3 Å². The fourth-order valence-corrected chi connectivity index (χ4v) is 2.54. The van der Waals surface area contributed by atoms with E-state index in [1.807, 2.05) is 20.8 Å². The summed E-state index contributed by atoms with van der Waals surface area (Å²) in [6.45, 7) is 7.57. The summed E-state index contributed by atoms with van der Waals surface area (Å²) >= 11 is 0. The molecule has 9 nitrogen and oxygen atoms in total. The SMILES string of the molecule is CCOc1ccccc1N1C(=O)C(=O)N(Cc2nc(C(C)(C)C)no2)C1=O. The lowest BCUT2D eigenvalue weighted by Crippen LogP contribution is -2.33. The summed E-state index contributed by atoms with van der Waals surface area (Å²) in [5.74, 6) is -1.05. The predicted octanol–water partition coefficient (Wildman–Crippen LogP) is 2.26. The van der Waals surface area contributed by atoms with E-state index in [4.69, 9.17) is 9.26 Å². The average Bonchev–Trinajstić information content (AvgIpc) is 3.16. The first kappa shape index (κ1) is 18.6. The van der Waals surface area contributed by atoms with Crippen LogP contribution in [-0.2, 0) is 21.5 Å². The molecule has 2 heterocycles. The largest absolute Gasteiger partial charge is 0.492 e. The number of nitrogens with zero attached hydrogens (tertiary/aromatic N) is 4. The van der Waals surface area contributed by atoms with E-state index in [1.54, 1.807) is 31.2 Å². The molecule has 1 saturated heterocycles. The quantitative estimate of drug-likeness (QED) is 0.585. The number of carbonyl (C=O) groups excluding carboxylic acids is 3. The van der Waals surface area contributed by atoms with Crippen molar-refractivity contribution < 1.29 is 23.6 Å². The fraction of sp³-hybridized carbons (Fsp3) is 0.389. The van der Waals surface area contributed by atoms with Crippen LogP contribution in [0.15, 0.2) is 28.8 Å². The van der Waals surface area contributed by atoms with E-state index in [0.717, 1.165) is 9.80 Å². The first-order valence-electron chi connectivity index (χ1n) is 8.48. The van der Waals surface area contributed by atoms with Gasteiger partial charge in [0.1, 0.15) is 12.3 Å². The van der Waals surface area contributed by atoms with Crippen molar-refractivity contribution in [3.63, 3.8) is 0 Å². The zero-order chi connectivity index (χ0) is 19.8. The number of imide groups is 2. The second kappa shape index (κ2) is 6.82. The Morgan fingerprint density at radius 2 is 1.81 bits per heavy atom. The van der Waals surface area contributed by atoms with E-state index >= 15 is 0 Å². The minimum atomic E-state index is -0.957. The number of para-hydroxylation sites is 2. The lowest BCUT2D eigenvalue weighted by atomic mass is 9.96. The van der Waals surface area contributed by atoms with E-state index in [9.17, 15) is 14.4 Å². The van der Waals surface area contributed by atoms with Gasteiger partial charge in [-0.15, -0.1) is 0 Å². The van der Waals surface area contributed by atoms with Gasteiger partial charge < -0.3 is 9.26 Å². The van der Waals surface area contributed by atoms with Gasteiger partial charge in [-0.3, -0.25) is 9.59 Å². The van der Waals surface area contributed by atoms with Crippen molar-refractivity contribution in [2.45, 2.75) is 39.7 Å². The summed E-state index contributed by atoms with van der Waals surface area (Å²) in [4.78, 5) is 43.3. The van der Waals surface area contributed by atoms with Gasteiger partial charge in [-0.25, -0.2) is 14.6 Å². The molecule has 142 valence electrons. The van der Waals surface area contributed by atoms with Gasteiger partial charge in [0.25, 0.3) is 0 Å². The van der Waals surface area contributed by atoms with Crippen molar-refractivity contribution in [2.24, 2.45) is 0 Å². The molecule has 0 spiro atoms. The molecule has 0 saturated carbocycles. The Morgan fingerprint density at radius 1 is 1.11 bits per heavy atom. The second-order valence-electron chi connectivity index (χ2n) is 6.98. The van der Waals surface area contributed by atoms with Crippen LogP contribution in [0.3, 0.4) is 0 Å². The zero-order valence-electron chi connectivity index (χ0n) is 15.6. The molecule has 27 heavy (non-hydrogen) atoms. The third kappa shape index (κ3) is 3.40. The summed E-state index contributed by atoms with van der Waals surface area (Å²) in [6, 6.07) is 5.75. The molecular formula is C18H20N4O5. The molecule has 0 radical (unpaired) electrons. The van der Waals surface area contributed by atoms with Crippen LogP contribution in [-0.4, -0.2) is 39.5 Å². The molecule has 2 aromatic rings. The molecule has 3 rings (SSSR count). The molecule has 1 aliphatic heterocycles. The Morgan fingerprint density at radius 3 is 2.44 bits per heavy atom. The molecule has 9 heteroatoms. The molecule has 4 amide bonds. The minimum absolute atomic E-state index is 0.0781. The standard InChI is InChI=1S/C18H20N4O5/c1-5-26-12-9-7-6-8-11(12)22-15(24)14(23)21(17(22)25)10-13-19-16(20-27-13)18(2,3)4/h6-9H,5,10H2,1-4H3. The van der Waals surface area contributed by atoms with Crippen LogP contribution in [0.25, 0.3) is 0 Å². The maximum Gasteiger partial charge on any atom is 0.339 e. The normalized spacial score (nSPS) is 15.0. The Balaban J connectivity index is 1.88. The van der Waals surface area contributed by atoms with Gasteiger partial charge >= 0.3 is 17.8 Å². The number of hydrogen-bond donors (Lipinski definition) is 0. The second-order valence-corrected chi connectivity index (χ2v) is 6.98. The smallest absolute Gasteiger partial charge is 0.339 e. The van der Waals surface area contributed by atoms with Gasteiger partial charge in [0.2, 0.25) is 5.89 Å². The highest BCUT2D eigenvalue weighted by Gasteiger charge is 2.47. The summed E-state index contributed by atoms with van der Waals surface area (Å²) in [5.41, 5.74) is -0.134. The zero-order valence-corrected chi connectivity index (χ0v) is 15.6. The Hall–Kier alpha value is -3.23. The van der Waals surface area contributed by atoms with Gasteiger partial charge in [0.15, 0.2) is 5.82 Å². The van der Waals surface area contributed by atoms with E-state index in [2.05, 4.69) is 10.1 Å². The molecule has 1 aromatic heterocycles. The fourth-order valence-electron chi connectivity index (χ4n) is 2.54. The maximum absolute atomic E-state index is 12.8. The molecular weight excluding hydrogens is 352 g/mol. The summed E-state index contributed by atoms with van der Waals surface area (Å²) in [7, 11) is 0. The minimum Gasteiger partial charge on any atom is -0.492 e. The van der Waals surface area contributed by atoms with Crippen LogP contribution in [0.2, 0.25) is 0 Å². The van der Waals surface area contributed by atoms with Crippen molar-refractivity contribution in [1.29, 1.82) is 0 Å². The van der Waals surface area contributed by atoms with Crippen molar-refractivity contribution in [3.05, 3.63) is 36.0 Å². The van der Waals surface area contributed by atoms with Gasteiger partial charge in [-0.1, -0.05) is 38.1 Å². The highest BCUT2D eigenvalue weighted by Crippen LogP contribution is 2.32. The van der Waals surface area contributed by atoms with Gasteiger partial charge in [0, 0.05) is 5.41 Å². The summed E-state index contributed by atoms with van der Waals surface area (Å²) < 4.78 is 10.6. The van der Waals surface area contributed by atoms with E-state index in [-0.39, 0.29) is 23.5 Å². The van der Waals surface area contributed by atoms with Crippen LogP contribution in [0, 0.1) is 0 Å². The number of carbonyl (C=O) groups is 3. The molecule has 0 atom stereocenters. The topological polar surface area (TPSA) is 106 Å². The van der Waals surface area contributed by atoms with Crippen LogP contribution in [0.4, 0.5) is 10.5 Å². The first-order valence-corrected chi connectivity index (χ1v) is 8.48. The lowest BCUT2D eigenvalue weighted by molar-refractivity contribution is -0.139. The molecule has 1 fully saturated rings. The van der Waals surface area contributed by atoms with Crippen molar-refractivity contribution >= 4 is 23.5 Å². The van der Waals surface area contributed by atoms with E-state index < -0.39 is 17.8 Å². The first-order chi connectivity index (χ1) is 12.7. The van der Waals surface area contributed by atoms with Crippen molar-refractivity contribution in [3.8, 4) is 5.75 Å².